The van der Waals surface area contributed by atoms with Crippen LogP contribution in [-0.2, 0) is 0 Å². The van der Waals surface area contributed by atoms with Crippen LogP contribution in [0.15, 0.2) is 47.8 Å². The Balaban J connectivity index is 1.89. The Hall–Kier alpha value is -2.93. The number of nitrogens with zero attached hydrogens (tertiary/aromatic N) is 1. The van der Waals surface area contributed by atoms with Crippen molar-refractivity contribution in [1.82, 2.24) is 4.98 Å². The standard InChI is InChI=1S/C16H12FN3O2S/c17-11-3-1-2-4-12(11)19-16-20-13(8-23-16)9-5-6-14(21)10(7-9)15(18)22/h1-8,21H,(H2,18,22)(H,19,20). The molecule has 0 unspecified atom stereocenters. The minimum absolute atomic E-state index is 0.0270. The minimum atomic E-state index is -0.718. The number of benzene rings is 2. The first-order chi connectivity index (χ1) is 11.0. The maximum Gasteiger partial charge on any atom is 0.252 e. The van der Waals surface area contributed by atoms with Crippen molar-refractivity contribution >= 4 is 28.1 Å². The highest BCUT2D eigenvalue weighted by molar-refractivity contribution is 7.14. The number of nitrogens with two attached hydrogens (primary N) is 1. The van der Waals surface area contributed by atoms with Crippen LogP contribution in [0.3, 0.4) is 0 Å². The van der Waals surface area contributed by atoms with Gasteiger partial charge in [0, 0.05) is 10.9 Å². The summed E-state index contributed by atoms with van der Waals surface area (Å²) < 4.78 is 13.6. The number of anilines is 2. The van der Waals surface area contributed by atoms with Gasteiger partial charge in [-0.3, -0.25) is 4.79 Å². The summed E-state index contributed by atoms with van der Waals surface area (Å²) >= 11 is 1.30. The summed E-state index contributed by atoms with van der Waals surface area (Å²) in [6, 6.07) is 10.8. The molecule has 2 aromatic carbocycles. The molecule has 5 nitrogen and oxygen atoms in total. The number of hydrogen-bond donors (Lipinski definition) is 3. The molecule has 1 heterocycles. The van der Waals surface area contributed by atoms with Crippen LogP contribution in [0.1, 0.15) is 10.4 Å². The van der Waals surface area contributed by atoms with Gasteiger partial charge in [0.15, 0.2) is 5.13 Å². The van der Waals surface area contributed by atoms with Gasteiger partial charge in [0.05, 0.1) is 16.9 Å². The van der Waals surface area contributed by atoms with Gasteiger partial charge in [-0.05, 0) is 30.3 Å². The van der Waals surface area contributed by atoms with Crippen molar-refractivity contribution in [2.24, 2.45) is 5.73 Å². The average molecular weight is 329 g/mol. The number of carbonyl (C=O) groups is 1. The Morgan fingerprint density at radius 2 is 2.04 bits per heavy atom. The van der Waals surface area contributed by atoms with E-state index in [1.54, 1.807) is 29.6 Å². The zero-order valence-electron chi connectivity index (χ0n) is 11.8. The molecule has 0 saturated carbocycles. The molecule has 3 rings (SSSR count). The summed E-state index contributed by atoms with van der Waals surface area (Å²) in [5.41, 5.74) is 6.80. The van der Waals surface area contributed by atoms with E-state index < -0.39 is 5.91 Å². The molecule has 4 N–H and O–H groups in total. The highest BCUT2D eigenvalue weighted by Crippen LogP contribution is 2.30. The van der Waals surface area contributed by atoms with E-state index in [9.17, 15) is 14.3 Å². The summed E-state index contributed by atoms with van der Waals surface area (Å²) in [6.45, 7) is 0. The van der Waals surface area contributed by atoms with E-state index in [-0.39, 0.29) is 17.1 Å². The number of thiazole rings is 1. The van der Waals surface area contributed by atoms with Crippen LogP contribution in [0.2, 0.25) is 0 Å². The number of phenols is 1. The monoisotopic (exact) mass is 329 g/mol. The normalized spacial score (nSPS) is 10.5. The highest BCUT2D eigenvalue weighted by Gasteiger charge is 2.12. The van der Waals surface area contributed by atoms with Crippen molar-refractivity contribution < 1.29 is 14.3 Å². The number of aromatic nitrogens is 1. The first kappa shape index (κ1) is 15.0. The van der Waals surface area contributed by atoms with Gasteiger partial charge in [-0.15, -0.1) is 11.3 Å². The number of aromatic hydroxyl groups is 1. The van der Waals surface area contributed by atoms with Crippen LogP contribution >= 0.6 is 11.3 Å². The van der Waals surface area contributed by atoms with Crippen LogP contribution in [0.4, 0.5) is 15.2 Å². The van der Waals surface area contributed by atoms with Crippen molar-refractivity contribution in [2.75, 3.05) is 5.32 Å². The Bertz CT molecular complexity index is 879. The predicted molar refractivity (Wildman–Crippen MR) is 87.4 cm³/mol. The third-order valence-electron chi connectivity index (χ3n) is 3.18. The van der Waals surface area contributed by atoms with Crippen molar-refractivity contribution in [1.29, 1.82) is 0 Å². The Morgan fingerprint density at radius 3 is 2.78 bits per heavy atom. The molecule has 116 valence electrons. The number of para-hydroxylation sites is 1. The molecule has 0 aliphatic rings. The van der Waals surface area contributed by atoms with Gasteiger partial charge >= 0.3 is 0 Å². The molecule has 23 heavy (non-hydrogen) atoms. The van der Waals surface area contributed by atoms with Crippen LogP contribution < -0.4 is 11.1 Å². The van der Waals surface area contributed by atoms with E-state index in [4.69, 9.17) is 5.73 Å². The summed E-state index contributed by atoms with van der Waals surface area (Å²) in [5, 5.41) is 14.8. The lowest BCUT2D eigenvalue weighted by Gasteiger charge is -2.04. The van der Waals surface area contributed by atoms with Crippen molar-refractivity contribution in [2.45, 2.75) is 0 Å². The fourth-order valence-corrected chi connectivity index (χ4v) is 2.77. The molecule has 0 fully saturated rings. The third kappa shape index (κ3) is 3.14. The SMILES string of the molecule is NC(=O)c1cc(-c2csc(Nc3ccccc3F)n2)ccc1O. The third-order valence-corrected chi connectivity index (χ3v) is 3.94. The van der Waals surface area contributed by atoms with E-state index in [1.165, 1.54) is 29.5 Å². The largest absolute Gasteiger partial charge is 0.507 e. The number of nitrogens with one attached hydrogen (secondary N) is 1. The van der Waals surface area contributed by atoms with Gasteiger partial charge in [0.1, 0.15) is 11.6 Å². The first-order valence-corrected chi connectivity index (χ1v) is 7.53. The van der Waals surface area contributed by atoms with Gasteiger partial charge in [-0.2, -0.15) is 0 Å². The van der Waals surface area contributed by atoms with Gasteiger partial charge in [-0.1, -0.05) is 12.1 Å². The maximum absolute atomic E-state index is 13.6. The summed E-state index contributed by atoms with van der Waals surface area (Å²) in [6.07, 6.45) is 0. The Morgan fingerprint density at radius 1 is 1.26 bits per heavy atom. The number of carbonyl (C=O) groups excluding carboxylic acids is 1. The molecule has 0 radical (unpaired) electrons. The second-order valence-corrected chi connectivity index (χ2v) is 5.60. The fraction of sp³-hybridized carbons (Fsp3) is 0. The van der Waals surface area contributed by atoms with Gasteiger partial charge in [-0.25, -0.2) is 9.37 Å². The molecule has 0 spiro atoms. The van der Waals surface area contributed by atoms with Crippen molar-refractivity contribution in [3.8, 4) is 17.0 Å². The quantitative estimate of drug-likeness (QED) is 0.683. The number of primary amides is 1. The second-order valence-electron chi connectivity index (χ2n) is 4.74. The molecule has 1 amide bonds. The molecule has 0 atom stereocenters. The molecular weight excluding hydrogens is 317 g/mol. The van der Waals surface area contributed by atoms with Crippen molar-refractivity contribution in [3.05, 3.63) is 59.2 Å². The number of hydrogen-bond acceptors (Lipinski definition) is 5. The minimum Gasteiger partial charge on any atom is -0.507 e. The smallest absolute Gasteiger partial charge is 0.252 e. The van der Waals surface area contributed by atoms with Gasteiger partial charge < -0.3 is 16.2 Å². The van der Waals surface area contributed by atoms with E-state index >= 15 is 0 Å². The second kappa shape index (κ2) is 6.05. The van der Waals surface area contributed by atoms with Crippen LogP contribution in [0.5, 0.6) is 5.75 Å². The molecule has 7 heteroatoms. The fourth-order valence-electron chi connectivity index (χ4n) is 2.03. The predicted octanol–water partition coefficient (Wildman–Crippen LogP) is 3.50. The van der Waals surface area contributed by atoms with Crippen LogP contribution in [0.25, 0.3) is 11.3 Å². The highest BCUT2D eigenvalue weighted by atomic mass is 32.1. The molecular formula is C16H12FN3O2S. The average Bonchev–Trinajstić information content (AvgIpc) is 2.98. The van der Waals surface area contributed by atoms with Gasteiger partial charge in [0.2, 0.25) is 0 Å². The van der Waals surface area contributed by atoms with E-state index in [2.05, 4.69) is 10.3 Å². The maximum atomic E-state index is 13.6. The summed E-state index contributed by atoms with van der Waals surface area (Å²) in [7, 11) is 0. The number of halogens is 1. The molecule has 0 bridgehead atoms. The van der Waals surface area contributed by atoms with E-state index in [1.807, 2.05) is 0 Å². The zero-order valence-corrected chi connectivity index (χ0v) is 12.6. The lowest BCUT2D eigenvalue weighted by molar-refractivity contribution is 0.0998. The Kier molecular flexibility index (Phi) is 3.94. The lowest BCUT2D eigenvalue weighted by atomic mass is 10.1. The number of rotatable bonds is 4. The van der Waals surface area contributed by atoms with Gasteiger partial charge in [0.25, 0.3) is 5.91 Å². The zero-order chi connectivity index (χ0) is 16.4. The summed E-state index contributed by atoms with van der Waals surface area (Å²) in [5.74, 6) is -1.27. The molecule has 0 aliphatic carbocycles. The van der Waals surface area contributed by atoms with E-state index in [0.29, 0.717) is 22.1 Å². The lowest BCUT2D eigenvalue weighted by Crippen LogP contribution is -2.11. The molecule has 0 saturated heterocycles. The van der Waals surface area contributed by atoms with Crippen LogP contribution in [0, 0.1) is 5.82 Å². The van der Waals surface area contributed by atoms with Crippen LogP contribution in [-0.4, -0.2) is 16.0 Å². The Labute approximate surface area is 135 Å². The first-order valence-electron chi connectivity index (χ1n) is 6.65. The molecule has 1 aromatic heterocycles. The summed E-state index contributed by atoms with van der Waals surface area (Å²) in [4.78, 5) is 15.6. The van der Waals surface area contributed by atoms with E-state index in [0.717, 1.165) is 0 Å². The topological polar surface area (TPSA) is 88.2 Å². The molecule has 3 aromatic rings. The molecule has 0 aliphatic heterocycles. The number of amides is 1. The van der Waals surface area contributed by atoms with Crippen molar-refractivity contribution in [3.63, 3.8) is 0 Å².